The summed E-state index contributed by atoms with van der Waals surface area (Å²) in [6, 6.07) is 0. The highest BCUT2D eigenvalue weighted by molar-refractivity contribution is 5.75. The maximum Gasteiger partial charge on any atom is 0.219 e. The minimum atomic E-state index is -0.479. The Morgan fingerprint density at radius 1 is 1.50 bits per heavy atom. The zero-order valence-corrected chi connectivity index (χ0v) is 8.35. The summed E-state index contributed by atoms with van der Waals surface area (Å²) in [6.45, 7) is 7.95. The summed E-state index contributed by atoms with van der Waals surface area (Å²) in [5, 5.41) is 12.2. The van der Waals surface area contributed by atoms with Crippen LogP contribution < -0.4 is 5.32 Å². The number of aliphatic hydroxyl groups excluding tert-OH is 1. The second-order valence-electron chi connectivity index (χ2n) is 4.04. The van der Waals surface area contributed by atoms with Gasteiger partial charge in [0.2, 0.25) is 5.91 Å². The molecule has 12 heavy (non-hydrogen) atoms. The van der Waals surface area contributed by atoms with E-state index >= 15 is 0 Å². The van der Waals surface area contributed by atoms with E-state index in [0.717, 1.165) is 0 Å². The van der Waals surface area contributed by atoms with E-state index in [4.69, 9.17) is 0 Å². The van der Waals surface area contributed by atoms with Crippen LogP contribution in [0.5, 0.6) is 0 Å². The van der Waals surface area contributed by atoms with Gasteiger partial charge in [-0.05, 0) is 5.41 Å². The van der Waals surface area contributed by atoms with Crippen LogP contribution in [-0.2, 0) is 4.79 Å². The molecule has 0 aromatic carbocycles. The molecule has 0 saturated carbocycles. The van der Waals surface area contributed by atoms with Gasteiger partial charge in [0.15, 0.2) is 0 Å². The van der Waals surface area contributed by atoms with Crippen LogP contribution in [0.1, 0.15) is 34.1 Å². The van der Waals surface area contributed by atoms with Crippen LogP contribution in [0.2, 0.25) is 0 Å². The molecule has 0 aliphatic heterocycles. The maximum atomic E-state index is 10.8. The fourth-order valence-electron chi connectivity index (χ4n) is 0.642. The molecule has 3 heteroatoms. The molecule has 0 aromatic rings. The summed E-state index contributed by atoms with van der Waals surface area (Å²) in [6.07, 6.45) is -0.00959. The molecule has 0 rings (SSSR count). The van der Waals surface area contributed by atoms with Gasteiger partial charge in [-0.25, -0.2) is 0 Å². The number of nitrogens with one attached hydrogen (secondary N) is 1. The van der Waals surface area contributed by atoms with Gasteiger partial charge in [-0.3, -0.25) is 4.79 Å². The molecule has 2 N–H and O–H groups in total. The molecule has 0 fully saturated rings. The van der Waals surface area contributed by atoms with E-state index in [1.54, 1.807) is 6.92 Å². The van der Waals surface area contributed by atoms with Crippen molar-refractivity contribution in [3.05, 3.63) is 0 Å². The van der Waals surface area contributed by atoms with Crippen LogP contribution in [0.4, 0.5) is 0 Å². The Bertz CT molecular complexity index is 149. The summed E-state index contributed by atoms with van der Waals surface area (Å²) in [5.74, 6) is -0.0155. The third-order valence-electron chi connectivity index (χ3n) is 1.81. The second-order valence-corrected chi connectivity index (χ2v) is 4.04. The molecular formula is C9H19NO2. The molecule has 1 amide bonds. The zero-order valence-electron chi connectivity index (χ0n) is 8.35. The summed E-state index contributed by atoms with van der Waals surface area (Å²) in [7, 11) is 0. The molecule has 3 nitrogen and oxygen atoms in total. The van der Waals surface area contributed by atoms with Crippen molar-refractivity contribution in [2.45, 2.75) is 40.2 Å². The minimum Gasteiger partial charge on any atom is -0.391 e. The van der Waals surface area contributed by atoms with Gasteiger partial charge in [0.1, 0.15) is 0 Å². The summed E-state index contributed by atoms with van der Waals surface area (Å²) in [5.41, 5.74) is -0.166. The highest BCUT2D eigenvalue weighted by atomic mass is 16.3. The highest BCUT2D eigenvalue weighted by Crippen LogP contribution is 2.17. The number of carbonyl (C=O) groups excluding carboxylic acids is 1. The Morgan fingerprint density at radius 2 is 2.00 bits per heavy atom. The predicted octanol–water partition coefficient (Wildman–Crippen LogP) is 0.920. The molecule has 72 valence electrons. The molecule has 0 heterocycles. The Balaban J connectivity index is 3.72. The van der Waals surface area contributed by atoms with Gasteiger partial charge in [-0.1, -0.05) is 27.7 Å². The average molecular weight is 173 g/mol. The first kappa shape index (κ1) is 11.4. The number of amides is 1. The summed E-state index contributed by atoms with van der Waals surface area (Å²) < 4.78 is 0. The highest BCUT2D eigenvalue weighted by Gasteiger charge is 2.21. The van der Waals surface area contributed by atoms with Gasteiger partial charge in [0.05, 0.1) is 6.10 Å². The van der Waals surface area contributed by atoms with Gasteiger partial charge in [0, 0.05) is 13.0 Å². The summed E-state index contributed by atoms with van der Waals surface area (Å²) >= 11 is 0. The predicted molar refractivity (Wildman–Crippen MR) is 48.8 cm³/mol. The second kappa shape index (κ2) is 4.45. The zero-order chi connectivity index (χ0) is 9.78. The first-order valence-electron chi connectivity index (χ1n) is 4.32. The van der Waals surface area contributed by atoms with E-state index in [0.29, 0.717) is 13.0 Å². The van der Waals surface area contributed by atoms with E-state index in [2.05, 4.69) is 5.32 Å². The molecule has 0 radical (unpaired) electrons. The lowest BCUT2D eigenvalue weighted by Crippen LogP contribution is -2.38. The van der Waals surface area contributed by atoms with Crippen molar-refractivity contribution in [2.24, 2.45) is 5.41 Å². The third kappa shape index (κ3) is 4.34. The molecule has 0 aliphatic carbocycles. The number of carbonyl (C=O) groups is 1. The molecule has 0 spiro atoms. The van der Waals surface area contributed by atoms with Gasteiger partial charge < -0.3 is 10.4 Å². The van der Waals surface area contributed by atoms with Gasteiger partial charge >= 0.3 is 0 Å². The molecule has 0 aliphatic rings. The van der Waals surface area contributed by atoms with Gasteiger partial charge in [0.25, 0.3) is 0 Å². The topological polar surface area (TPSA) is 49.3 Å². The summed E-state index contributed by atoms with van der Waals surface area (Å²) in [4.78, 5) is 10.8. The number of rotatable bonds is 3. The van der Waals surface area contributed by atoms with Crippen LogP contribution in [0.15, 0.2) is 0 Å². The molecule has 0 saturated heterocycles. The van der Waals surface area contributed by atoms with Crippen LogP contribution in [0, 0.1) is 5.41 Å². The van der Waals surface area contributed by atoms with Crippen molar-refractivity contribution in [1.82, 2.24) is 5.32 Å². The van der Waals surface area contributed by atoms with Crippen LogP contribution in [-0.4, -0.2) is 23.7 Å². The smallest absolute Gasteiger partial charge is 0.219 e. The lowest BCUT2D eigenvalue weighted by Gasteiger charge is -2.25. The largest absolute Gasteiger partial charge is 0.391 e. The lowest BCUT2D eigenvalue weighted by atomic mass is 9.89. The Hall–Kier alpha value is -0.570. The molecule has 1 unspecified atom stereocenters. The quantitative estimate of drug-likeness (QED) is 0.666. The molecule has 0 bridgehead atoms. The number of aliphatic hydroxyl groups is 1. The standard InChI is InChI=1S/C9H19NO2/c1-5-8(12)10-6-7(11)9(2,3)4/h7,11H,5-6H2,1-4H3,(H,10,12). The van der Waals surface area contributed by atoms with E-state index in [-0.39, 0.29) is 11.3 Å². The Morgan fingerprint density at radius 3 is 2.33 bits per heavy atom. The van der Waals surface area contributed by atoms with Crippen LogP contribution in [0.25, 0.3) is 0 Å². The molecule has 1 atom stereocenters. The Labute approximate surface area is 74.2 Å². The van der Waals surface area contributed by atoms with Crippen molar-refractivity contribution in [3.8, 4) is 0 Å². The third-order valence-corrected chi connectivity index (χ3v) is 1.81. The molecular weight excluding hydrogens is 154 g/mol. The van der Waals surface area contributed by atoms with Crippen molar-refractivity contribution >= 4 is 5.91 Å². The van der Waals surface area contributed by atoms with Crippen molar-refractivity contribution in [1.29, 1.82) is 0 Å². The fraction of sp³-hybridized carbons (Fsp3) is 0.889. The van der Waals surface area contributed by atoms with E-state index in [9.17, 15) is 9.90 Å². The number of hydrogen-bond donors (Lipinski definition) is 2. The first-order chi connectivity index (χ1) is 5.38. The van der Waals surface area contributed by atoms with Gasteiger partial charge in [-0.2, -0.15) is 0 Å². The number of hydrogen-bond acceptors (Lipinski definition) is 2. The van der Waals surface area contributed by atoms with Crippen molar-refractivity contribution in [2.75, 3.05) is 6.54 Å². The SMILES string of the molecule is CCC(=O)NCC(O)C(C)(C)C. The van der Waals surface area contributed by atoms with Gasteiger partial charge in [-0.15, -0.1) is 0 Å². The monoisotopic (exact) mass is 173 g/mol. The van der Waals surface area contributed by atoms with Crippen molar-refractivity contribution in [3.63, 3.8) is 0 Å². The minimum absolute atomic E-state index is 0.0155. The fourth-order valence-corrected chi connectivity index (χ4v) is 0.642. The maximum absolute atomic E-state index is 10.8. The normalized spacial score (nSPS) is 14.1. The van der Waals surface area contributed by atoms with E-state index < -0.39 is 6.10 Å². The van der Waals surface area contributed by atoms with E-state index in [1.807, 2.05) is 20.8 Å². The molecule has 0 aromatic heterocycles. The average Bonchev–Trinajstić information content (AvgIpc) is 1.97. The van der Waals surface area contributed by atoms with E-state index in [1.165, 1.54) is 0 Å². The first-order valence-corrected chi connectivity index (χ1v) is 4.32. The van der Waals surface area contributed by atoms with Crippen LogP contribution >= 0.6 is 0 Å². The Kier molecular flexibility index (Phi) is 4.24. The lowest BCUT2D eigenvalue weighted by molar-refractivity contribution is -0.121. The van der Waals surface area contributed by atoms with Crippen molar-refractivity contribution < 1.29 is 9.90 Å². The van der Waals surface area contributed by atoms with Crippen LogP contribution in [0.3, 0.4) is 0 Å².